The van der Waals surface area contributed by atoms with Gasteiger partial charge < -0.3 is 9.64 Å². The van der Waals surface area contributed by atoms with Crippen LogP contribution in [-0.2, 0) is 14.6 Å². The molecular weight excluding hydrogens is 493 g/mol. The average molecular weight is 518 g/mol. The molecule has 3 aromatic rings. The maximum Gasteiger partial charge on any atom is 0.229 e. The number of para-hydroxylation sites is 1. The highest BCUT2D eigenvalue weighted by Crippen LogP contribution is 2.33. The van der Waals surface area contributed by atoms with Gasteiger partial charge in [0, 0.05) is 19.5 Å². The summed E-state index contributed by atoms with van der Waals surface area (Å²) in [4.78, 5) is 21.3. The molecule has 1 amide bonds. The van der Waals surface area contributed by atoms with E-state index >= 15 is 0 Å². The lowest BCUT2D eigenvalue weighted by molar-refractivity contribution is -0.118. The number of halogens is 2. The van der Waals surface area contributed by atoms with Crippen molar-refractivity contribution in [3.8, 4) is 5.75 Å². The lowest BCUT2D eigenvalue weighted by Crippen LogP contribution is -2.37. The van der Waals surface area contributed by atoms with Crippen LogP contribution in [0.25, 0.3) is 10.2 Å². The molecule has 0 fully saturated rings. The summed E-state index contributed by atoms with van der Waals surface area (Å²) in [7, 11) is 1.72. The molecule has 3 rings (SSSR count). The summed E-state index contributed by atoms with van der Waals surface area (Å²) >= 11 is 7.60. The molecule has 0 atom stereocenters. The Morgan fingerprint density at radius 1 is 1.12 bits per heavy atom. The van der Waals surface area contributed by atoms with Gasteiger partial charge in [-0.1, -0.05) is 29.0 Å². The Balaban J connectivity index is 0.00000363. The maximum absolute atomic E-state index is 13.1. The number of aromatic nitrogens is 1. The van der Waals surface area contributed by atoms with Crippen LogP contribution in [0.1, 0.15) is 6.42 Å². The molecule has 32 heavy (non-hydrogen) atoms. The van der Waals surface area contributed by atoms with E-state index in [1.807, 2.05) is 31.1 Å². The van der Waals surface area contributed by atoms with E-state index in [1.165, 1.54) is 30.6 Å². The van der Waals surface area contributed by atoms with Crippen LogP contribution in [0.15, 0.2) is 47.4 Å². The Bertz CT molecular complexity index is 1170. The predicted octanol–water partition coefficient (Wildman–Crippen LogP) is 4.14. The van der Waals surface area contributed by atoms with E-state index in [4.69, 9.17) is 16.3 Å². The quantitative estimate of drug-likeness (QED) is 0.424. The monoisotopic (exact) mass is 517 g/mol. The Morgan fingerprint density at radius 3 is 2.41 bits per heavy atom. The molecule has 0 saturated heterocycles. The van der Waals surface area contributed by atoms with Crippen molar-refractivity contribution in [2.24, 2.45) is 0 Å². The number of carbonyl (C=O) groups excluding carboxylic acids is 1. The molecule has 0 aliphatic rings. The summed E-state index contributed by atoms with van der Waals surface area (Å²) < 4.78 is 31.3. The largest absolute Gasteiger partial charge is 0.497 e. The number of sulfone groups is 1. The number of thiazole rings is 1. The van der Waals surface area contributed by atoms with Crippen molar-refractivity contribution in [3.63, 3.8) is 0 Å². The number of amides is 1. The van der Waals surface area contributed by atoms with Crippen molar-refractivity contribution in [2.75, 3.05) is 44.9 Å². The van der Waals surface area contributed by atoms with Crippen molar-refractivity contribution in [3.05, 3.63) is 47.5 Å². The van der Waals surface area contributed by atoms with Crippen LogP contribution < -0.4 is 9.64 Å². The molecule has 0 radical (unpaired) electrons. The number of methoxy groups -OCH3 is 1. The number of hydrogen-bond donors (Lipinski definition) is 0. The molecule has 0 spiro atoms. The summed E-state index contributed by atoms with van der Waals surface area (Å²) in [6, 6.07) is 11.6. The van der Waals surface area contributed by atoms with Gasteiger partial charge in [0.15, 0.2) is 15.0 Å². The number of likely N-dealkylation sites (N-methyl/N-ethyl adjacent to an activating group) is 1. The third-order valence-electron chi connectivity index (χ3n) is 4.66. The Kier molecular flexibility index (Phi) is 9.29. The van der Waals surface area contributed by atoms with Crippen LogP contribution in [0.5, 0.6) is 5.75 Å². The minimum Gasteiger partial charge on any atom is -0.497 e. The van der Waals surface area contributed by atoms with E-state index in [-0.39, 0.29) is 35.4 Å². The number of rotatable bonds is 9. The number of hydrogen-bond acceptors (Lipinski definition) is 7. The zero-order chi connectivity index (χ0) is 22.6. The average Bonchev–Trinajstić information content (AvgIpc) is 3.17. The fourth-order valence-corrected chi connectivity index (χ4v) is 5.44. The van der Waals surface area contributed by atoms with Gasteiger partial charge in [0.2, 0.25) is 5.91 Å². The summed E-state index contributed by atoms with van der Waals surface area (Å²) in [5.41, 5.74) is 0.637. The number of anilines is 1. The van der Waals surface area contributed by atoms with Gasteiger partial charge in [-0.2, -0.15) is 0 Å². The van der Waals surface area contributed by atoms with Gasteiger partial charge in [0.05, 0.1) is 27.5 Å². The van der Waals surface area contributed by atoms with Gasteiger partial charge in [-0.15, -0.1) is 12.4 Å². The van der Waals surface area contributed by atoms with E-state index in [9.17, 15) is 13.2 Å². The normalized spacial score (nSPS) is 11.4. The minimum absolute atomic E-state index is 0. The molecule has 1 heterocycles. The molecule has 0 bridgehead atoms. The van der Waals surface area contributed by atoms with Gasteiger partial charge in [-0.3, -0.25) is 9.69 Å². The van der Waals surface area contributed by atoms with Crippen LogP contribution in [0.4, 0.5) is 5.13 Å². The second-order valence-corrected chi connectivity index (χ2v) is 10.7. The highest BCUT2D eigenvalue weighted by Gasteiger charge is 2.23. The zero-order valence-electron chi connectivity index (χ0n) is 17.9. The number of ether oxygens (including phenoxy) is 1. The maximum atomic E-state index is 13.1. The summed E-state index contributed by atoms with van der Waals surface area (Å²) in [5.74, 6) is -0.0176. The molecule has 174 valence electrons. The lowest BCUT2D eigenvalue weighted by atomic mass is 10.3. The third kappa shape index (κ3) is 6.32. The third-order valence-corrected chi connectivity index (χ3v) is 7.75. The molecule has 7 nitrogen and oxygen atoms in total. The second kappa shape index (κ2) is 11.3. The summed E-state index contributed by atoms with van der Waals surface area (Å²) in [5, 5.41) is 1.03. The van der Waals surface area contributed by atoms with Gasteiger partial charge in [0.1, 0.15) is 11.3 Å². The first kappa shape index (κ1) is 26.3. The predicted molar refractivity (Wildman–Crippen MR) is 132 cm³/mol. The summed E-state index contributed by atoms with van der Waals surface area (Å²) in [6.45, 7) is 1.01. The molecule has 0 aliphatic carbocycles. The smallest absolute Gasteiger partial charge is 0.229 e. The Hall–Kier alpha value is -1.91. The molecule has 0 saturated carbocycles. The van der Waals surface area contributed by atoms with Crippen molar-refractivity contribution in [1.29, 1.82) is 0 Å². The van der Waals surface area contributed by atoms with E-state index in [1.54, 1.807) is 23.1 Å². The van der Waals surface area contributed by atoms with Crippen LogP contribution in [0.2, 0.25) is 5.02 Å². The molecule has 2 aromatic carbocycles. The molecular formula is C21H25Cl2N3O4S2. The molecule has 1 aromatic heterocycles. The fourth-order valence-electron chi connectivity index (χ4n) is 2.90. The zero-order valence-corrected chi connectivity index (χ0v) is 21.2. The fraction of sp³-hybridized carbons (Fsp3) is 0.333. The number of nitrogens with zero attached hydrogens (tertiary/aromatic N) is 3. The van der Waals surface area contributed by atoms with Gasteiger partial charge in [-0.25, -0.2) is 13.4 Å². The van der Waals surface area contributed by atoms with Gasteiger partial charge in [-0.05, 0) is 50.5 Å². The summed E-state index contributed by atoms with van der Waals surface area (Å²) in [6.07, 6.45) is -0.147. The van der Waals surface area contributed by atoms with Crippen molar-refractivity contribution in [1.82, 2.24) is 9.88 Å². The van der Waals surface area contributed by atoms with Gasteiger partial charge in [0.25, 0.3) is 0 Å². The van der Waals surface area contributed by atoms with Gasteiger partial charge >= 0.3 is 0 Å². The lowest BCUT2D eigenvalue weighted by Gasteiger charge is -2.22. The van der Waals surface area contributed by atoms with E-state index in [0.29, 0.717) is 34.5 Å². The van der Waals surface area contributed by atoms with Crippen LogP contribution >= 0.6 is 35.3 Å². The van der Waals surface area contributed by atoms with Crippen molar-refractivity contribution >= 4 is 66.4 Å². The minimum atomic E-state index is -3.61. The highest BCUT2D eigenvalue weighted by atomic mass is 35.5. The molecule has 0 N–H and O–H groups in total. The van der Waals surface area contributed by atoms with Crippen LogP contribution in [0, 0.1) is 0 Å². The van der Waals surface area contributed by atoms with Crippen molar-refractivity contribution in [2.45, 2.75) is 11.3 Å². The standard InChI is InChI=1S/C21H24ClN3O4S2.ClH/c1-24(2)12-13-25(21-23-20-17(22)5-4-6-18(20)30-21)19(26)11-14-31(27,28)16-9-7-15(29-3)8-10-16;/h4-10H,11-14H2,1-3H3;1H. The highest BCUT2D eigenvalue weighted by molar-refractivity contribution is 7.91. The van der Waals surface area contributed by atoms with Crippen LogP contribution in [-0.4, -0.2) is 64.3 Å². The van der Waals surface area contributed by atoms with E-state index in [0.717, 1.165) is 4.70 Å². The Labute approximate surface area is 203 Å². The molecule has 0 unspecified atom stereocenters. The number of benzene rings is 2. The van der Waals surface area contributed by atoms with E-state index < -0.39 is 9.84 Å². The Morgan fingerprint density at radius 2 is 1.81 bits per heavy atom. The first-order valence-corrected chi connectivity index (χ1v) is 12.4. The SMILES string of the molecule is COc1ccc(S(=O)(=O)CCC(=O)N(CCN(C)C)c2nc3c(Cl)cccc3s2)cc1.Cl. The topological polar surface area (TPSA) is 79.8 Å². The number of fused-ring (bicyclic) bond motifs is 1. The second-order valence-electron chi connectivity index (χ2n) is 7.18. The van der Waals surface area contributed by atoms with Crippen LogP contribution in [0.3, 0.4) is 0 Å². The first-order valence-electron chi connectivity index (χ1n) is 9.58. The first-order chi connectivity index (χ1) is 14.7. The molecule has 11 heteroatoms. The molecule has 0 aliphatic heterocycles. The number of carbonyl (C=O) groups is 1. The van der Waals surface area contributed by atoms with Crippen molar-refractivity contribution < 1.29 is 17.9 Å². The van der Waals surface area contributed by atoms with E-state index in [2.05, 4.69) is 4.98 Å².